The van der Waals surface area contributed by atoms with Crippen molar-refractivity contribution in [3.05, 3.63) is 41.7 Å². The van der Waals surface area contributed by atoms with Gasteiger partial charge in [0, 0.05) is 25.1 Å². The van der Waals surface area contributed by atoms with E-state index >= 15 is 0 Å². The van der Waals surface area contributed by atoms with Crippen LogP contribution in [0.1, 0.15) is 43.2 Å². The number of aromatic nitrogens is 2. The summed E-state index contributed by atoms with van der Waals surface area (Å²) >= 11 is 1.42. The summed E-state index contributed by atoms with van der Waals surface area (Å²) in [6, 6.07) is 8.77. The topological polar surface area (TPSA) is 61.9 Å². The van der Waals surface area contributed by atoms with Crippen molar-refractivity contribution >= 4 is 17.7 Å². The summed E-state index contributed by atoms with van der Waals surface area (Å²) in [6.07, 6.45) is 8.38. The second kappa shape index (κ2) is 8.18. The average molecular weight is 383 g/mol. The van der Waals surface area contributed by atoms with Gasteiger partial charge in [-0.15, -0.1) is 0 Å². The maximum Gasteiger partial charge on any atom is 0.234 e. The van der Waals surface area contributed by atoms with Crippen molar-refractivity contribution in [2.45, 2.75) is 56.6 Å². The molecule has 3 rings (SSSR count). The molecule has 1 saturated carbocycles. The van der Waals surface area contributed by atoms with Crippen molar-refractivity contribution in [3.8, 4) is 11.8 Å². The van der Waals surface area contributed by atoms with Gasteiger partial charge in [0.1, 0.15) is 5.54 Å². The number of amides is 1. The van der Waals surface area contributed by atoms with Crippen LogP contribution in [-0.4, -0.2) is 38.7 Å². The molecule has 0 bridgehead atoms. The molecule has 0 atom stereocenters. The highest BCUT2D eigenvalue weighted by molar-refractivity contribution is 7.99. The van der Waals surface area contributed by atoms with E-state index in [2.05, 4.69) is 43.1 Å². The fourth-order valence-corrected chi connectivity index (χ4v) is 4.69. The molecule has 27 heavy (non-hydrogen) atoms. The van der Waals surface area contributed by atoms with Crippen LogP contribution in [-0.2, 0) is 4.79 Å². The number of thioether (sulfide) groups is 1. The van der Waals surface area contributed by atoms with Gasteiger partial charge in [0.05, 0.1) is 11.8 Å². The first-order valence-corrected chi connectivity index (χ1v) is 10.4. The second-order valence-electron chi connectivity index (χ2n) is 7.37. The molecular weight excluding hydrogens is 356 g/mol. The number of nitrogens with zero attached hydrogens (tertiary/aromatic N) is 4. The lowest BCUT2D eigenvalue weighted by molar-refractivity contribution is -0.131. The summed E-state index contributed by atoms with van der Waals surface area (Å²) in [6.45, 7) is 4.15. The first-order chi connectivity index (χ1) is 12.9. The van der Waals surface area contributed by atoms with E-state index in [1.54, 1.807) is 18.1 Å². The highest BCUT2D eigenvalue weighted by Gasteiger charge is 2.38. The number of rotatable bonds is 5. The molecule has 0 aliphatic heterocycles. The molecule has 0 unspecified atom stereocenters. The molecular formula is C21H26N4OS. The van der Waals surface area contributed by atoms with Crippen LogP contribution >= 0.6 is 11.8 Å². The lowest BCUT2D eigenvalue weighted by Crippen LogP contribution is -2.50. The molecule has 0 N–H and O–H groups in total. The third kappa shape index (κ3) is 4.19. The molecule has 1 fully saturated rings. The van der Waals surface area contributed by atoms with E-state index in [1.165, 1.54) is 22.9 Å². The minimum atomic E-state index is -0.640. The predicted molar refractivity (Wildman–Crippen MR) is 108 cm³/mol. The first kappa shape index (κ1) is 19.5. The minimum absolute atomic E-state index is 0.0153. The summed E-state index contributed by atoms with van der Waals surface area (Å²) in [5.74, 6) is 0.264. The highest BCUT2D eigenvalue weighted by atomic mass is 32.2. The second-order valence-corrected chi connectivity index (χ2v) is 8.31. The molecule has 142 valence electrons. The Morgan fingerprint density at radius 2 is 1.93 bits per heavy atom. The Morgan fingerprint density at radius 3 is 2.56 bits per heavy atom. The molecule has 6 heteroatoms. The Balaban J connectivity index is 1.71. The molecule has 0 saturated heterocycles. The van der Waals surface area contributed by atoms with Crippen LogP contribution in [0.25, 0.3) is 5.69 Å². The molecule has 1 aromatic carbocycles. The zero-order valence-electron chi connectivity index (χ0n) is 16.2. The number of imidazole rings is 1. The fraction of sp³-hybridized carbons (Fsp3) is 0.476. The van der Waals surface area contributed by atoms with Gasteiger partial charge >= 0.3 is 0 Å². The van der Waals surface area contributed by atoms with Crippen LogP contribution in [0, 0.1) is 25.2 Å². The van der Waals surface area contributed by atoms with E-state index in [-0.39, 0.29) is 11.7 Å². The van der Waals surface area contributed by atoms with E-state index in [4.69, 9.17) is 0 Å². The average Bonchev–Trinajstić information content (AvgIpc) is 3.14. The van der Waals surface area contributed by atoms with Gasteiger partial charge in [0.25, 0.3) is 0 Å². The van der Waals surface area contributed by atoms with Gasteiger partial charge in [0.15, 0.2) is 5.16 Å². The van der Waals surface area contributed by atoms with Gasteiger partial charge in [-0.2, -0.15) is 5.26 Å². The molecule has 1 amide bonds. The molecule has 1 aliphatic carbocycles. The van der Waals surface area contributed by atoms with E-state index < -0.39 is 5.54 Å². The predicted octanol–water partition coefficient (Wildman–Crippen LogP) is 4.27. The maximum atomic E-state index is 12.8. The van der Waals surface area contributed by atoms with Crippen LogP contribution in [0.3, 0.4) is 0 Å². The molecule has 1 aliphatic rings. The van der Waals surface area contributed by atoms with Crippen molar-refractivity contribution in [3.63, 3.8) is 0 Å². The molecule has 2 aromatic rings. The summed E-state index contributed by atoms with van der Waals surface area (Å²) in [7, 11) is 1.77. The third-order valence-corrected chi connectivity index (χ3v) is 6.27. The number of benzene rings is 1. The first-order valence-electron chi connectivity index (χ1n) is 9.38. The van der Waals surface area contributed by atoms with Crippen LogP contribution in [0.2, 0.25) is 0 Å². The molecule has 1 aromatic heterocycles. The molecule has 0 radical (unpaired) electrons. The summed E-state index contributed by atoms with van der Waals surface area (Å²) in [5, 5.41) is 10.5. The van der Waals surface area contributed by atoms with Crippen molar-refractivity contribution in [1.29, 1.82) is 5.26 Å². The lowest BCUT2D eigenvalue weighted by Gasteiger charge is -2.39. The standard InChI is InChI=1S/C21H26N4OS/c1-16-11-17(2)13-18(12-16)25-10-9-23-20(25)27-14-19(26)24(3)21(15-22)7-5-4-6-8-21/h9-13H,4-8,14H2,1-3H3. The van der Waals surface area contributed by atoms with Crippen molar-refractivity contribution in [2.75, 3.05) is 12.8 Å². The van der Waals surface area contributed by atoms with Gasteiger partial charge in [-0.1, -0.05) is 37.1 Å². The van der Waals surface area contributed by atoms with Gasteiger partial charge < -0.3 is 4.90 Å². The van der Waals surface area contributed by atoms with E-state index in [1.807, 2.05) is 10.8 Å². The Bertz CT molecular complexity index is 841. The van der Waals surface area contributed by atoms with Gasteiger partial charge in [-0.05, 0) is 49.9 Å². The van der Waals surface area contributed by atoms with Gasteiger partial charge in [-0.25, -0.2) is 4.98 Å². The fourth-order valence-electron chi connectivity index (χ4n) is 3.80. The van der Waals surface area contributed by atoms with E-state index in [9.17, 15) is 10.1 Å². The van der Waals surface area contributed by atoms with Gasteiger partial charge in [0.2, 0.25) is 5.91 Å². The maximum absolute atomic E-state index is 12.8. The van der Waals surface area contributed by atoms with E-state index in [0.717, 1.165) is 42.9 Å². The Hall–Kier alpha value is -2.26. The minimum Gasteiger partial charge on any atom is -0.326 e. The Kier molecular flexibility index (Phi) is 5.91. The summed E-state index contributed by atoms with van der Waals surface area (Å²) in [5.41, 5.74) is 2.80. The zero-order valence-corrected chi connectivity index (χ0v) is 17.1. The van der Waals surface area contributed by atoms with E-state index in [0.29, 0.717) is 0 Å². The number of nitriles is 1. The van der Waals surface area contributed by atoms with Crippen LogP contribution < -0.4 is 0 Å². The SMILES string of the molecule is Cc1cc(C)cc(-n2ccnc2SCC(=O)N(C)C2(C#N)CCCCC2)c1. The quantitative estimate of drug-likeness (QED) is 0.725. The Labute approximate surface area is 165 Å². The number of aryl methyl sites for hydroxylation is 2. The third-order valence-electron chi connectivity index (χ3n) is 5.32. The largest absolute Gasteiger partial charge is 0.326 e. The smallest absolute Gasteiger partial charge is 0.234 e. The molecule has 5 nitrogen and oxygen atoms in total. The van der Waals surface area contributed by atoms with Crippen LogP contribution in [0.4, 0.5) is 0 Å². The van der Waals surface area contributed by atoms with Crippen molar-refractivity contribution < 1.29 is 4.79 Å². The zero-order chi connectivity index (χ0) is 19.4. The van der Waals surface area contributed by atoms with Gasteiger partial charge in [-0.3, -0.25) is 9.36 Å². The number of carbonyl (C=O) groups is 1. The lowest BCUT2D eigenvalue weighted by atomic mass is 9.81. The number of hydrogen-bond donors (Lipinski definition) is 0. The summed E-state index contributed by atoms with van der Waals surface area (Å²) < 4.78 is 2.01. The normalized spacial score (nSPS) is 15.9. The van der Waals surface area contributed by atoms with Crippen LogP contribution in [0.15, 0.2) is 35.7 Å². The highest BCUT2D eigenvalue weighted by Crippen LogP contribution is 2.33. The van der Waals surface area contributed by atoms with Crippen LogP contribution in [0.5, 0.6) is 0 Å². The number of carbonyl (C=O) groups excluding carboxylic acids is 1. The van der Waals surface area contributed by atoms with Crippen molar-refractivity contribution in [1.82, 2.24) is 14.5 Å². The number of hydrogen-bond acceptors (Lipinski definition) is 4. The van der Waals surface area contributed by atoms with Crippen molar-refractivity contribution in [2.24, 2.45) is 0 Å². The molecule has 1 heterocycles. The monoisotopic (exact) mass is 382 g/mol. The molecule has 0 spiro atoms. The summed E-state index contributed by atoms with van der Waals surface area (Å²) in [4.78, 5) is 18.9. The Morgan fingerprint density at radius 1 is 1.26 bits per heavy atom.